The maximum absolute atomic E-state index is 5.12. The molecule has 13 heavy (non-hydrogen) atoms. The van der Waals surface area contributed by atoms with Crippen LogP contribution in [0, 0.1) is 0 Å². The zero-order valence-electron chi connectivity index (χ0n) is 6.94. The summed E-state index contributed by atoms with van der Waals surface area (Å²) < 4.78 is 0. The van der Waals surface area contributed by atoms with E-state index in [4.69, 9.17) is 10.7 Å². The number of benzene rings is 2. The Hall–Kier alpha value is -1.25. The van der Waals surface area contributed by atoms with Gasteiger partial charge in [0.15, 0.2) is 5.75 Å². The Bertz CT molecular complexity index is 398. The Kier molecular flexibility index (Phi) is 3.12. The minimum absolute atomic E-state index is 0. The maximum atomic E-state index is 5.12. The fourth-order valence-electron chi connectivity index (χ4n) is 1.30. The smallest absolute Gasteiger partial charge is 0.154 e. The fourth-order valence-corrected chi connectivity index (χ4v) is 1.30. The molecule has 0 heterocycles. The van der Waals surface area contributed by atoms with Gasteiger partial charge in [0.25, 0.3) is 0 Å². The van der Waals surface area contributed by atoms with E-state index in [2.05, 4.69) is 0 Å². The van der Waals surface area contributed by atoms with Crippen molar-refractivity contribution in [3.8, 4) is 5.75 Å². The SMILES string of the molecule is Cl.NOc1cccc2ccccc12. The minimum atomic E-state index is 0. The summed E-state index contributed by atoms with van der Waals surface area (Å²) in [5.74, 6) is 5.83. The van der Waals surface area contributed by atoms with Gasteiger partial charge < -0.3 is 4.84 Å². The highest BCUT2D eigenvalue weighted by Crippen LogP contribution is 2.23. The van der Waals surface area contributed by atoms with Crippen LogP contribution in [0.4, 0.5) is 0 Å². The molecule has 0 fully saturated rings. The number of hydrogen-bond acceptors (Lipinski definition) is 2. The second-order valence-electron chi connectivity index (χ2n) is 2.60. The van der Waals surface area contributed by atoms with Gasteiger partial charge in [-0.1, -0.05) is 36.4 Å². The van der Waals surface area contributed by atoms with Gasteiger partial charge in [0.1, 0.15) is 0 Å². The Labute approximate surface area is 82.7 Å². The largest absolute Gasteiger partial charge is 0.411 e. The summed E-state index contributed by atoms with van der Waals surface area (Å²) in [6, 6.07) is 13.8. The molecule has 2 aromatic carbocycles. The van der Waals surface area contributed by atoms with Crippen molar-refractivity contribution < 1.29 is 4.84 Å². The molecule has 0 amide bonds. The lowest BCUT2D eigenvalue weighted by atomic mass is 10.1. The normalized spacial score (nSPS) is 9.31. The summed E-state index contributed by atoms with van der Waals surface area (Å²) in [6.07, 6.45) is 0. The molecule has 0 atom stereocenters. The summed E-state index contributed by atoms with van der Waals surface area (Å²) in [4.78, 5) is 4.73. The van der Waals surface area contributed by atoms with Gasteiger partial charge in [-0.05, 0) is 11.5 Å². The van der Waals surface area contributed by atoms with Crippen LogP contribution in [0.5, 0.6) is 5.75 Å². The molecule has 0 aliphatic rings. The van der Waals surface area contributed by atoms with Crippen LogP contribution in [0.25, 0.3) is 10.8 Å². The van der Waals surface area contributed by atoms with Gasteiger partial charge in [0.05, 0.1) is 0 Å². The number of fused-ring (bicyclic) bond motifs is 1. The predicted molar refractivity (Wildman–Crippen MR) is 56.0 cm³/mol. The van der Waals surface area contributed by atoms with Gasteiger partial charge in [-0.25, -0.2) is 0 Å². The third-order valence-electron chi connectivity index (χ3n) is 1.88. The van der Waals surface area contributed by atoms with Crippen molar-refractivity contribution >= 4 is 23.2 Å². The molecule has 2 nitrogen and oxygen atoms in total. The van der Waals surface area contributed by atoms with E-state index in [1.807, 2.05) is 42.5 Å². The van der Waals surface area contributed by atoms with E-state index < -0.39 is 0 Å². The van der Waals surface area contributed by atoms with Gasteiger partial charge in [-0.3, -0.25) is 0 Å². The first kappa shape index (κ1) is 9.84. The first-order chi connectivity index (χ1) is 5.92. The van der Waals surface area contributed by atoms with Gasteiger partial charge in [0.2, 0.25) is 0 Å². The van der Waals surface area contributed by atoms with Crippen LogP contribution in [0.3, 0.4) is 0 Å². The molecular formula is C10H10ClNO. The third kappa shape index (κ3) is 1.74. The Balaban J connectivity index is 0.000000845. The average molecular weight is 196 g/mol. The van der Waals surface area contributed by atoms with Crippen molar-refractivity contribution in [3.63, 3.8) is 0 Å². The quantitative estimate of drug-likeness (QED) is 0.710. The van der Waals surface area contributed by atoms with E-state index in [0.717, 1.165) is 10.8 Å². The average Bonchev–Trinajstić information content (AvgIpc) is 2.17. The standard InChI is InChI=1S/C10H9NO.ClH/c11-12-10-7-3-5-8-4-1-2-6-9(8)10;/h1-7H,11H2;1H. The highest BCUT2D eigenvalue weighted by atomic mass is 35.5. The molecule has 3 heteroatoms. The Morgan fingerprint density at radius 3 is 2.38 bits per heavy atom. The minimum Gasteiger partial charge on any atom is -0.411 e. The van der Waals surface area contributed by atoms with Crippen LogP contribution in [-0.4, -0.2) is 0 Å². The van der Waals surface area contributed by atoms with Crippen LogP contribution in [0.1, 0.15) is 0 Å². The molecule has 0 radical (unpaired) electrons. The number of halogens is 1. The van der Waals surface area contributed by atoms with Gasteiger partial charge in [0, 0.05) is 5.39 Å². The number of nitrogens with two attached hydrogens (primary N) is 1. The zero-order valence-corrected chi connectivity index (χ0v) is 7.75. The van der Waals surface area contributed by atoms with Gasteiger partial charge in [-0.15, -0.1) is 12.4 Å². The van der Waals surface area contributed by atoms with Crippen molar-refractivity contribution in [2.75, 3.05) is 0 Å². The van der Waals surface area contributed by atoms with Crippen molar-refractivity contribution in [2.24, 2.45) is 5.90 Å². The van der Waals surface area contributed by atoms with Crippen LogP contribution >= 0.6 is 12.4 Å². The first-order valence-corrected chi connectivity index (χ1v) is 3.76. The topological polar surface area (TPSA) is 35.2 Å². The highest BCUT2D eigenvalue weighted by molar-refractivity contribution is 5.88. The maximum Gasteiger partial charge on any atom is 0.154 e. The summed E-state index contributed by atoms with van der Waals surface area (Å²) in [7, 11) is 0. The van der Waals surface area contributed by atoms with Crippen molar-refractivity contribution in [1.29, 1.82) is 0 Å². The molecule has 2 aromatic rings. The molecule has 2 N–H and O–H groups in total. The lowest BCUT2D eigenvalue weighted by molar-refractivity contribution is 0.339. The van der Waals surface area contributed by atoms with Crippen molar-refractivity contribution in [2.45, 2.75) is 0 Å². The predicted octanol–water partition coefficient (Wildman–Crippen LogP) is 2.51. The van der Waals surface area contributed by atoms with Crippen LogP contribution in [0.2, 0.25) is 0 Å². The molecule has 2 rings (SSSR count). The van der Waals surface area contributed by atoms with E-state index in [0.29, 0.717) is 5.75 Å². The molecule has 0 spiro atoms. The van der Waals surface area contributed by atoms with Crippen LogP contribution < -0.4 is 10.7 Å². The Morgan fingerprint density at radius 2 is 1.62 bits per heavy atom. The second kappa shape index (κ2) is 4.12. The lowest BCUT2D eigenvalue weighted by Gasteiger charge is -2.02. The van der Waals surface area contributed by atoms with E-state index in [1.165, 1.54) is 0 Å². The first-order valence-electron chi connectivity index (χ1n) is 3.76. The van der Waals surface area contributed by atoms with E-state index in [-0.39, 0.29) is 12.4 Å². The molecule has 0 saturated heterocycles. The zero-order chi connectivity index (χ0) is 8.39. The molecule has 0 saturated carbocycles. The van der Waals surface area contributed by atoms with E-state index in [1.54, 1.807) is 0 Å². The monoisotopic (exact) mass is 195 g/mol. The third-order valence-corrected chi connectivity index (χ3v) is 1.88. The number of hydrogen-bond donors (Lipinski definition) is 1. The molecule has 0 aromatic heterocycles. The van der Waals surface area contributed by atoms with E-state index >= 15 is 0 Å². The Morgan fingerprint density at radius 1 is 0.923 bits per heavy atom. The summed E-state index contributed by atoms with van der Waals surface area (Å²) >= 11 is 0. The molecular weight excluding hydrogens is 186 g/mol. The fraction of sp³-hybridized carbons (Fsp3) is 0. The van der Waals surface area contributed by atoms with Crippen LogP contribution in [0.15, 0.2) is 42.5 Å². The van der Waals surface area contributed by atoms with Crippen molar-refractivity contribution in [3.05, 3.63) is 42.5 Å². The summed E-state index contributed by atoms with van der Waals surface area (Å²) in [6.45, 7) is 0. The molecule has 0 aliphatic heterocycles. The highest BCUT2D eigenvalue weighted by Gasteiger charge is 1.97. The number of rotatable bonds is 1. The molecule has 0 bridgehead atoms. The van der Waals surface area contributed by atoms with Crippen LogP contribution in [-0.2, 0) is 0 Å². The molecule has 0 unspecified atom stereocenters. The van der Waals surface area contributed by atoms with Gasteiger partial charge >= 0.3 is 0 Å². The second-order valence-corrected chi connectivity index (χ2v) is 2.60. The van der Waals surface area contributed by atoms with E-state index in [9.17, 15) is 0 Å². The lowest BCUT2D eigenvalue weighted by Crippen LogP contribution is -2.01. The van der Waals surface area contributed by atoms with Crippen molar-refractivity contribution in [1.82, 2.24) is 0 Å². The van der Waals surface area contributed by atoms with Gasteiger partial charge in [-0.2, -0.15) is 5.90 Å². The molecule has 0 aliphatic carbocycles. The summed E-state index contributed by atoms with van der Waals surface area (Å²) in [5, 5.41) is 2.18. The summed E-state index contributed by atoms with van der Waals surface area (Å²) in [5.41, 5.74) is 0. The molecule has 68 valence electrons.